The number of ether oxygens (including phenoxy) is 1. The molecule has 144 valence electrons. The molecular formula is C18H32O5SSi. The van der Waals surface area contributed by atoms with Gasteiger partial charge in [-0.05, 0) is 43.6 Å². The average Bonchev–Trinajstić information content (AvgIpc) is 2.49. The van der Waals surface area contributed by atoms with E-state index in [-0.39, 0.29) is 23.1 Å². The van der Waals surface area contributed by atoms with Gasteiger partial charge in [0.15, 0.2) is 8.32 Å². The van der Waals surface area contributed by atoms with Gasteiger partial charge in [0.25, 0.3) is 10.1 Å². The summed E-state index contributed by atoms with van der Waals surface area (Å²) < 4.78 is 40.4. The summed E-state index contributed by atoms with van der Waals surface area (Å²) >= 11 is 0. The molecule has 0 saturated heterocycles. The first-order valence-corrected chi connectivity index (χ1v) is 13.0. The van der Waals surface area contributed by atoms with Crippen molar-refractivity contribution in [2.75, 3.05) is 26.4 Å². The number of hydrogen-bond acceptors (Lipinski definition) is 5. The molecular weight excluding hydrogens is 356 g/mol. The highest BCUT2D eigenvalue weighted by atomic mass is 32.2. The van der Waals surface area contributed by atoms with Crippen LogP contribution in [0.15, 0.2) is 29.2 Å². The maximum absolute atomic E-state index is 12.0. The fourth-order valence-electron chi connectivity index (χ4n) is 1.78. The van der Waals surface area contributed by atoms with Gasteiger partial charge in [0.2, 0.25) is 0 Å². The van der Waals surface area contributed by atoms with Crippen LogP contribution < -0.4 is 0 Å². The molecule has 7 heteroatoms. The summed E-state index contributed by atoms with van der Waals surface area (Å²) in [5, 5.41) is 0.200. The Kier molecular flexibility index (Phi) is 8.28. The van der Waals surface area contributed by atoms with E-state index in [0.29, 0.717) is 13.2 Å². The Bertz CT molecular complexity index is 618. The predicted molar refractivity (Wildman–Crippen MR) is 103 cm³/mol. The third-order valence-corrected chi connectivity index (χ3v) is 10.3. The maximum atomic E-state index is 12.0. The molecule has 0 N–H and O–H groups in total. The second-order valence-electron chi connectivity index (χ2n) is 7.66. The highest BCUT2D eigenvalue weighted by molar-refractivity contribution is 7.86. The molecule has 0 amide bonds. The van der Waals surface area contributed by atoms with Crippen LogP contribution in [0.2, 0.25) is 18.1 Å². The Labute approximate surface area is 153 Å². The molecule has 0 aliphatic carbocycles. The monoisotopic (exact) mass is 388 g/mol. The summed E-state index contributed by atoms with van der Waals surface area (Å²) in [6.07, 6.45) is 0.789. The minimum absolute atomic E-state index is 0.0132. The number of rotatable bonds is 10. The fourth-order valence-corrected chi connectivity index (χ4v) is 3.76. The summed E-state index contributed by atoms with van der Waals surface area (Å²) in [4.78, 5) is 0.167. The van der Waals surface area contributed by atoms with Crippen LogP contribution >= 0.6 is 0 Å². The molecule has 0 heterocycles. The molecule has 5 nitrogen and oxygen atoms in total. The normalized spacial score (nSPS) is 13.2. The van der Waals surface area contributed by atoms with Gasteiger partial charge in [-0.1, -0.05) is 38.5 Å². The van der Waals surface area contributed by atoms with Gasteiger partial charge in [0, 0.05) is 13.2 Å². The molecule has 1 aromatic rings. The van der Waals surface area contributed by atoms with Crippen molar-refractivity contribution in [2.24, 2.45) is 0 Å². The van der Waals surface area contributed by atoms with Gasteiger partial charge in [-0.25, -0.2) is 0 Å². The molecule has 0 aromatic heterocycles. The lowest BCUT2D eigenvalue weighted by Gasteiger charge is -2.36. The Morgan fingerprint density at radius 1 is 0.960 bits per heavy atom. The van der Waals surface area contributed by atoms with Crippen molar-refractivity contribution < 1.29 is 21.8 Å². The summed E-state index contributed by atoms with van der Waals surface area (Å²) in [5.74, 6) is 0. The topological polar surface area (TPSA) is 61.8 Å². The van der Waals surface area contributed by atoms with Crippen molar-refractivity contribution in [1.29, 1.82) is 0 Å². The quantitative estimate of drug-likeness (QED) is 0.343. The zero-order valence-electron chi connectivity index (χ0n) is 16.3. The summed E-state index contributed by atoms with van der Waals surface area (Å²) in [6, 6.07) is 6.58. The van der Waals surface area contributed by atoms with E-state index in [1.54, 1.807) is 24.3 Å². The Hall–Kier alpha value is -0.733. The molecule has 1 aromatic carbocycles. The van der Waals surface area contributed by atoms with Crippen molar-refractivity contribution in [3.63, 3.8) is 0 Å². The summed E-state index contributed by atoms with van der Waals surface area (Å²) in [7, 11) is -5.42. The zero-order chi connectivity index (χ0) is 19.1. The average molecular weight is 389 g/mol. The van der Waals surface area contributed by atoms with Crippen LogP contribution in [0.5, 0.6) is 0 Å². The third-order valence-electron chi connectivity index (χ3n) is 4.48. The van der Waals surface area contributed by atoms with E-state index in [4.69, 9.17) is 13.3 Å². The van der Waals surface area contributed by atoms with E-state index < -0.39 is 18.4 Å². The molecule has 0 aliphatic rings. The summed E-state index contributed by atoms with van der Waals surface area (Å²) in [6.45, 7) is 14.4. The smallest absolute Gasteiger partial charge is 0.297 e. The molecule has 0 radical (unpaired) electrons. The van der Waals surface area contributed by atoms with Crippen molar-refractivity contribution >= 4 is 18.4 Å². The molecule has 0 fully saturated rings. The molecule has 1 rings (SSSR count). The highest BCUT2D eigenvalue weighted by Gasteiger charge is 2.36. The molecule has 0 atom stereocenters. The first kappa shape index (κ1) is 22.3. The van der Waals surface area contributed by atoms with Crippen LogP contribution in [0.3, 0.4) is 0 Å². The van der Waals surface area contributed by atoms with E-state index >= 15 is 0 Å². The molecule has 0 spiro atoms. The van der Waals surface area contributed by atoms with Gasteiger partial charge in [0.05, 0.1) is 18.1 Å². The Morgan fingerprint density at radius 3 is 2.12 bits per heavy atom. The van der Waals surface area contributed by atoms with Gasteiger partial charge in [-0.2, -0.15) is 8.42 Å². The van der Waals surface area contributed by atoms with Gasteiger partial charge in [-0.15, -0.1) is 0 Å². The van der Waals surface area contributed by atoms with Crippen LogP contribution in [0.1, 0.15) is 32.8 Å². The van der Waals surface area contributed by atoms with Crippen molar-refractivity contribution in [3.8, 4) is 0 Å². The molecule has 0 saturated carbocycles. The van der Waals surface area contributed by atoms with E-state index in [0.717, 1.165) is 12.0 Å². The van der Waals surface area contributed by atoms with Crippen molar-refractivity contribution in [2.45, 2.75) is 57.1 Å². The molecule has 25 heavy (non-hydrogen) atoms. The number of aryl methyl sites for hydroxylation is 1. The van der Waals surface area contributed by atoms with Crippen LogP contribution in [0.4, 0.5) is 0 Å². The largest absolute Gasteiger partial charge is 0.417 e. The predicted octanol–water partition coefficient (Wildman–Crippen LogP) is 4.13. The Morgan fingerprint density at radius 2 is 1.56 bits per heavy atom. The standard InChI is InChI=1S/C18H32O5SSi/c1-16-8-10-17(11-9-16)24(19,20)22-15-14-21-12-7-13-23-25(5,6)18(2,3)4/h8-11H,7,12-15H2,1-6H3. The fraction of sp³-hybridized carbons (Fsp3) is 0.667. The van der Waals surface area contributed by atoms with Crippen LogP contribution in [-0.2, 0) is 23.5 Å². The second kappa shape index (κ2) is 9.28. The SMILES string of the molecule is Cc1ccc(S(=O)(=O)OCCOCCCO[Si](C)(C)C(C)(C)C)cc1. The Balaban J connectivity index is 2.19. The number of hydrogen-bond donors (Lipinski definition) is 0. The zero-order valence-corrected chi connectivity index (χ0v) is 18.1. The first-order chi connectivity index (χ1) is 11.5. The van der Waals surface area contributed by atoms with E-state index in [1.807, 2.05) is 6.92 Å². The second-order valence-corrected chi connectivity index (χ2v) is 14.1. The van der Waals surface area contributed by atoms with Gasteiger partial charge in [-0.3, -0.25) is 4.18 Å². The van der Waals surface area contributed by atoms with Gasteiger partial charge < -0.3 is 9.16 Å². The minimum atomic E-state index is -3.71. The lowest BCUT2D eigenvalue weighted by Crippen LogP contribution is -2.41. The van der Waals surface area contributed by atoms with E-state index in [9.17, 15) is 8.42 Å². The summed E-state index contributed by atoms with van der Waals surface area (Å²) in [5.41, 5.74) is 1.00. The van der Waals surface area contributed by atoms with E-state index in [2.05, 4.69) is 33.9 Å². The number of benzene rings is 1. The molecule has 0 aliphatic heterocycles. The van der Waals surface area contributed by atoms with Crippen LogP contribution in [0.25, 0.3) is 0 Å². The third kappa shape index (κ3) is 7.58. The molecule has 0 unspecified atom stereocenters. The highest BCUT2D eigenvalue weighted by Crippen LogP contribution is 2.36. The minimum Gasteiger partial charge on any atom is -0.417 e. The van der Waals surface area contributed by atoms with Crippen molar-refractivity contribution in [3.05, 3.63) is 29.8 Å². The first-order valence-electron chi connectivity index (χ1n) is 8.63. The van der Waals surface area contributed by atoms with E-state index in [1.165, 1.54) is 0 Å². The lowest BCUT2D eigenvalue weighted by atomic mass is 10.2. The molecule has 0 bridgehead atoms. The maximum Gasteiger partial charge on any atom is 0.297 e. The van der Waals surface area contributed by atoms with Crippen molar-refractivity contribution in [1.82, 2.24) is 0 Å². The van der Waals surface area contributed by atoms with Crippen LogP contribution in [0, 0.1) is 6.92 Å². The van der Waals surface area contributed by atoms with Gasteiger partial charge >= 0.3 is 0 Å². The van der Waals surface area contributed by atoms with Gasteiger partial charge in [0.1, 0.15) is 0 Å². The lowest BCUT2D eigenvalue weighted by molar-refractivity contribution is 0.0908. The van der Waals surface area contributed by atoms with Crippen LogP contribution in [-0.4, -0.2) is 43.2 Å².